The van der Waals surface area contributed by atoms with Crippen LogP contribution >= 0.6 is 35.6 Å². The Kier molecular flexibility index (Phi) is 7.26. The molecule has 0 aliphatic carbocycles. The number of benzene rings is 2. The summed E-state index contributed by atoms with van der Waals surface area (Å²) in [5.41, 5.74) is 0.881. The fraction of sp³-hybridized carbons (Fsp3) is 0.150. The lowest BCUT2D eigenvalue weighted by atomic mass is 10.1. The summed E-state index contributed by atoms with van der Waals surface area (Å²) in [5, 5.41) is 20.6. The molecule has 0 unspecified atom stereocenters. The Morgan fingerprint density at radius 1 is 1.32 bits per heavy atom. The number of hydrogen-bond donors (Lipinski definition) is 1. The molecule has 2 aromatic rings. The normalized spacial score (nSPS) is 14.9. The second kappa shape index (κ2) is 9.90. The van der Waals surface area contributed by atoms with Crippen LogP contribution in [0.5, 0.6) is 5.75 Å². The van der Waals surface area contributed by atoms with Crippen molar-refractivity contribution in [3.63, 3.8) is 0 Å². The summed E-state index contributed by atoms with van der Waals surface area (Å²) in [5.74, 6) is -1.19. The number of nitro groups is 1. The maximum atomic E-state index is 12.7. The smallest absolute Gasteiger partial charge is 0.305 e. The van der Waals surface area contributed by atoms with Gasteiger partial charge in [0.1, 0.15) is 16.7 Å². The molecular formula is C20H15ClN2O6S2. The van der Waals surface area contributed by atoms with Gasteiger partial charge < -0.3 is 9.84 Å². The maximum absolute atomic E-state index is 12.7. The summed E-state index contributed by atoms with van der Waals surface area (Å²) in [4.78, 5) is 35.5. The van der Waals surface area contributed by atoms with Gasteiger partial charge in [0, 0.05) is 34.8 Å². The summed E-state index contributed by atoms with van der Waals surface area (Å²) in [6.07, 6.45) is 1.21. The Labute approximate surface area is 191 Å². The van der Waals surface area contributed by atoms with Crippen LogP contribution in [0.4, 0.5) is 5.69 Å². The van der Waals surface area contributed by atoms with Crippen molar-refractivity contribution in [2.24, 2.45) is 0 Å². The van der Waals surface area contributed by atoms with Gasteiger partial charge in [0.05, 0.1) is 16.2 Å². The second-order valence-corrected chi connectivity index (χ2v) is 8.42. The fourth-order valence-corrected chi connectivity index (χ4v) is 4.20. The number of carboxylic acids is 1. The van der Waals surface area contributed by atoms with Gasteiger partial charge in [-0.3, -0.25) is 24.6 Å². The van der Waals surface area contributed by atoms with Crippen molar-refractivity contribution in [2.75, 3.05) is 6.54 Å². The zero-order valence-electron chi connectivity index (χ0n) is 15.8. The van der Waals surface area contributed by atoms with Crippen LogP contribution in [0, 0.1) is 10.1 Å². The van der Waals surface area contributed by atoms with Crippen LogP contribution in [0.25, 0.3) is 6.08 Å². The number of carbonyl (C=O) groups excluding carboxylic acids is 1. The van der Waals surface area contributed by atoms with Gasteiger partial charge in [-0.2, -0.15) is 0 Å². The van der Waals surface area contributed by atoms with E-state index < -0.39 is 16.8 Å². The van der Waals surface area contributed by atoms with Gasteiger partial charge in [-0.1, -0.05) is 53.8 Å². The quantitative estimate of drug-likeness (QED) is 0.255. The Hall–Kier alpha value is -2.95. The van der Waals surface area contributed by atoms with Crippen LogP contribution in [0.1, 0.15) is 17.5 Å². The van der Waals surface area contributed by atoms with Gasteiger partial charge in [-0.25, -0.2) is 0 Å². The molecule has 11 heteroatoms. The molecule has 1 aliphatic heterocycles. The average molecular weight is 479 g/mol. The molecule has 8 nitrogen and oxygen atoms in total. The minimum atomic E-state index is -1.05. The Morgan fingerprint density at radius 3 is 2.74 bits per heavy atom. The molecule has 1 N–H and O–H groups in total. The van der Waals surface area contributed by atoms with E-state index in [9.17, 15) is 19.7 Å². The molecule has 0 bridgehead atoms. The third-order valence-corrected chi connectivity index (χ3v) is 6.00. The van der Waals surface area contributed by atoms with Gasteiger partial charge in [0.2, 0.25) is 0 Å². The highest BCUT2D eigenvalue weighted by Crippen LogP contribution is 2.35. The van der Waals surface area contributed by atoms with Crippen LogP contribution in [0.2, 0.25) is 5.02 Å². The molecule has 3 rings (SSSR count). The summed E-state index contributed by atoms with van der Waals surface area (Å²) in [6, 6.07) is 11.2. The van der Waals surface area contributed by atoms with Crippen molar-refractivity contribution in [2.45, 2.75) is 13.0 Å². The number of ether oxygens (including phenoxy) is 1. The molecule has 1 saturated heterocycles. The number of aliphatic carboxylic acids is 1. The molecule has 0 atom stereocenters. The van der Waals surface area contributed by atoms with E-state index in [-0.39, 0.29) is 34.5 Å². The first-order chi connectivity index (χ1) is 14.8. The Morgan fingerprint density at radius 2 is 2.06 bits per heavy atom. The molecular weight excluding hydrogens is 464 g/mol. The van der Waals surface area contributed by atoms with Crippen molar-refractivity contribution in [3.8, 4) is 5.75 Å². The molecule has 0 radical (unpaired) electrons. The third kappa shape index (κ3) is 5.60. The highest BCUT2D eigenvalue weighted by atomic mass is 35.5. The lowest BCUT2D eigenvalue weighted by molar-refractivity contribution is -0.384. The molecule has 1 aliphatic rings. The Bertz CT molecular complexity index is 1100. The van der Waals surface area contributed by atoms with E-state index in [1.54, 1.807) is 18.2 Å². The maximum Gasteiger partial charge on any atom is 0.305 e. The summed E-state index contributed by atoms with van der Waals surface area (Å²) in [7, 11) is 0. The predicted octanol–water partition coefficient (Wildman–Crippen LogP) is 4.50. The van der Waals surface area contributed by atoms with E-state index >= 15 is 0 Å². The van der Waals surface area contributed by atoms with Gasteiger partial charge in [0.25, 0.3) is 11.6 Å². The molecule has 1 fully saturated rings. The van der Waals surface area contributed by atoms with E-state index in [4.69, 9.17) is 33.7 Å². The van der Waals surface area contributed by atoms with Crippen molar-refractivity contribution in [1.29, 1.82) is 0 Å². The van der Waals surface area contributed by atoms with Crippen LogP contribution in [-0.4, -0.2) is 37.7 Å². The van der Waals surface area contributed by atoms with E-state index in [2.05, 4.69) is 0 Å². The number of amides is 1. The first kappa shape index (κ1) is 22.7. The SMILES string of the molecule is O=C(O)CCN1C(=O)/C(=C\c2cc([N+](=O)[O-])ccc2OCc2ccccc2Cl)SC1=S. The molecule has 0 spiro atoms. The predicted molar refractivity (Wildman–Crippen MR) is 121 cm³/mol. The number of nitrogens with zero attached hydrogens (tertiary/aromatic N) is 2. The number of carboxylic acid groups (broad SMARTS) is 1. The highest BCUT2D eigenvalue weighted by Gasteiger charge is 2.32. The standard InChI is InChI=1S/C20H15ClN2O6S2/c21-15-4-2-1-3-12(15)11-29-16-6-5-14(23(27)28)9-13(16)10-17-19(26)22(20(30)31-17)8-7-18(24)25/h1-6,9-10H,7-8,11H2,(H,24,25)/b17-10+. The van der Waals surface area contributed by atoms with Crippen molar-refractivity contribution >= 4 is 63.5 Å². The fourth-order valence-electron chi connectivity index (χ4n) is 2.71. The van der Waals surface area contributed by atoms with Crippen LogP contribution < -0.4 is 4.74 Å². The molecule has 2 aromatic carbocycles. The topological polar surface area (TPSA) is 110 Å². The van der Waals surface area contributed by atoms with Crippen molar-refractivity contribution in [3.05, 3.63) is 73.6 Å². The van der Waals surface area contributed by atoms with Crippen LogP contribution in [0.15, 0.2) is 47.4 Å². The van der Waals surface area contributed by atoms with Crippen LogP contribution in [0.3, 0.4) is 0 Å². The lowest BCUT2D eigenvalue weighted by Gasteiger charge is -2.12. The van der Waals surface area contributed by atoms with Crippen LogP contribution in [-0.2, 0) is 16.2 Å². The zero-order chi connectivity index (χ0) is 22.5. The van der Waals surface area contributed by atoms with Gasteiger partial charge in [-0.05, 0) is 18.2 Å². The van der Waals surface area contributed by atoms with Gasteiger partial charge >= 0.3 is 5.97 Å². The summed E-state index contributed by atoms with van der Waals surface area (Å²) >= 11 is 12.3. The molecule has 160 valence electrons. The van der Waals surface area contributed by atoms with Gasteiger partial charge in [0.15, 0.2) is 0 Å². The zero-order valence-corrected chi connectivity index (χ0v) is 18.2. The largest absolute Gasteiger partial charge is 0.488 e. The molecule has 31 heavy (non-hydrogen) atoms. The van der Waals surface area contributed by atoms with E-state index in [1.165, 1.54) is 29.2 Å². The molecule has 0 aromatic heterocycles. The number of non-ortho nitro benzene ring substituents is 1. The number of nitro benzene ring substituents is 1. The summed E-state index contributed by atoms with van der Waals surface area (Å²) < 4.78 is 6.04. The number of thiocarbonyl (C=S) groups is 1. The minimum absolute atomic E-state index is 0.0534. The number of rotatable bonds is 8. The first-order valence-electron chi connectivity index (χ1n) is 8.88. The highest BCUT2D eigenvalue weighted by molar-refractivity contribution is 8.26. The number of carbonyl (C=O) groups is 2. The third-order valence-electron chi connectivity index (χ3n) is 4.25. The monoisotopic (exact) mass is 478 g/mol. The van der Waals surface area contributed by atoms with E-state index in [0.29, 0.717) is 16.3 Å². The number of hydrogen-bond acceptors (Lipinski definition) is 7. The number of thioether (sulfide) groups is 1. The second-order valence-electron chi connectivity index (χ2n) is 6.34. The average Bonchev–Trinajstić information content (AvgIpc) is 2.99. The first-order valence-corrected chi connectivity index (χ1v) is 10.5. The number of halogens is 1. The molecule has 0 saturated carbocycles. The van der Waals surface area contributed by atoms with Crippen molar-refractivity contribution < 1.29 is 24.4 Å². The van der Waals surface area contributed by atoms with Crippen molar-refractivity contribution in [1.82, 2.24) is 4.90 Å². The minimum Gasteiger partial charge on any atom is -0.488 e. The molecule has 1 heterocycles. The lowest BCUT2D eigenvalue weighted by Crippen LogP contribution is -2.30. The summed E-state index contributed by atoms with van der Waals surface area (Å²) in [6.45, 7) is 0.0695. The van der Waals surface area contributed by atoms with E-state index in [1.807, 2.05) is 6.07 Å². The van der Waals surface area contributed by atoms with Gasteiger partial charge in [-0.15, -0.1) is 0 Å². The Balaban J connectivity index is 1.89. The van der Waals surface area contributed by atoms with E-state index in [0.717, 1.165) is 17.3 Å². The molecule has 1 amide bonds.